The van der Waals surface area contributed by atoms with E-state index in [0.717, 1.165) is 0 Å². The van der Waals surface area contributed by atoms with Gasteiger partial charge in [0.25, 0.3) is 0 Å². The average molecular weight is 291 g/mol. The molecular formula is C7H11BrN6O2. The number of primary amides is 1. The number of amides is 1. The number of aromatic nitrogens is 2. The first-order valence-corrected chi connectivity index (χ1v) is 5.04. The molecule has 1 rings (SSSR count). The second kappa shape index (κ2) is 5.58. The third-order valence-corrected chi connectivity index (χ3v) is 2.47. The Morgan fingerprint density at radius 2 is 2.19 bits per heavy atom. The van der Waals surface area contributed by atoms with Gasteiger partial charge in [-0.1, -0.05) is 0 Å². The first kappa shape index (κ1) is 12.6. The maximum Gasteiger partial charge on any atom is 0.248 e. The number of halogens is 1. The van der Waals surface area contributed by atoms with Crippen LogP contribution in [0.1, 0.15) is 0 Å². The summed E-state index contributed by atoms with van der Waals surface area (Å²) in [4.78, 5) is 18.3. The lowest BCUT2D eigenvalue weighted by atomic mass is 10.3. The Balaban J connectivity index is 2.71. The van der Waals surface area contributed by atoms with E-state index in [9.17, 15) is 4.79 Å². The Labute approximate surface area is 99.5 Å². The highest BCUT2D eigenvalue weighted by atomic mass is 79.9. The largest absolute Gasteiger partial charge is 0.381 e. The van der Waals surface area contributed by atoms with Crippen molar-refractivity contribution in [2.75, 3.05) is 17.3 Å². The number of nitrogens with one attached hydrogen (secondary N) is 2. The Morgan fingerprint density at radius 3 is 2.75 bits per heavy atom. The van der Waals surface area contributed by atoms with Gasteiger partial charge < -0.3 is 21.6 Å². The molecule has 0 aliphatic carbocycles. The molecule has 8 nitrogen and oxygen atoms in total. The summed E-state index contributed by atoms with van der Waals surface area (Å²) in [7, 11) is 0. The molecule has 88 valence electrons. The third kappa shape index (κ3) is 3.02. The molecule has 0 spiro atoms. The molecule has 0 bridgehead atoms. The van der Waals surface area contributed by atoms with Crippen LogP contribution in [0.5, 0.6) is 0 Å². The number of nitrogens with two attached hydrogens (primary N) is 2. The molecule has 1 unspecified atom stereocenters. The maximum absolute atomic E-state index is 10.6. The molecule has 1 aromatic rings. The lowest BCUT2D eigenvalue weighted by Crippen LogP contribution is -2.34. The zero-order valence-corrected chi connectivity index (χ0v) is 9.73. The van der Waals surface area contributed by atoms with Gasteiger partial charge >= 0.3 is 0 Å². The van der Waals surface area contributed by atoms with Gasteiger partial charge in [0.2, 0.25) is 5.91 Å². The van der Waals surface area contributed by atoms with E-state index in [1.165, 1.54) is 6.33 Å². The van der Waals surface area contributed by atoms with Crippen LogP contribution in [0.3, 0.4) is 0 Å². The highest BCUT2D eigenvalue weighted by Crippen LogP contribution is 2.25. The summed E-state index contributed by atoms with van der Waals surface area (Å²) in [6.07, 6.45) is -0.00462. The van der Waals surface area contributed by atoms with Crippen molar-refractivity contribution in [2.45, 2.75) is 6.10 Å². The number of carbonyl (C=O) groups excluding carboxylic acids is 1. The third-order valence-electron chi connectivity index (χ3n) is 1.72. The summed E-state index contributed by atoms with van der Waals surface area (Å²) < 4.78 is 0.495. The van der Waals surface area contributed by atoms with E-state index in [-0.39, 0.29) is 6.54 Å². The number of rotatable bonds is 5. The van der Waals surface area contributed by atoms with Crippen molar-refractivity contribution in [3.63, 3.8) is 0 Å². The molecule has 1 heterocycles. The number of hydrogen-bond acceptors (Lipinski definition) is 7. The number of aliphatic hydroxyl groups excluding tert-OH is 1. The van der Waals surface area contributed by atoms with Crippen molar-refractivity contribution < 1.29 is 9.90 Å². The van der Waals surface area contributed by atoms with Crippen molar-refractivity contribution in [2.24, 2.45) is 11.6 Å². The highest BCUT2D eigenvalue weighted by molar-refractivity contribution is 9.10. The molecule has 0 saturated heterocycles. The average Bonchev–Trinajstić information content (AvgIpc) is 2.27. The van der Waals surface area contributed by atoms with Crippen LogP contribution in [0.4, 0.5) is 11.6 Å². The van der Waals surface area contributed by atoms with Crippen LogP contribution in [0.15, 0.2) is 10.8 Å². The fraction of sp³-hybridized carbons (Fsp3) is 0.286. The molecule has 0 radical (unpaired) electrons. The van der Waals surface area contributed by atoms with Gasteiger partial charge in [-0.3, -0.25) is 4.79 Å². The van der Waals surface area contributed by atoms with Crippen molar-refractivity contribution >= 4 is 33.5 Å². The van der Waals surface area contributed by atoms with E-state index in [4.69, 9.17) is 16.7 Å². The predicted molar refractivity (Wildman–Crippen MR) is 61.2 cm³/mol. The maximum atomic E-state index is 10.6. The molecule has 0 aliphatic heterocycles. The number of nitrogens with zero attached hydrogens (tertiary/aromatic N) is 2. The molecule has 9 heteroatoms. The van der Waals surface area contributed by atoms with Gasteiger partial charge in [-0.15, -0.1) is 0 Å². The first-order valence-electron chi connectivity index (χ1n) is 4.24. The van der Waals surface area contributed by atoms with Crippen molar-refractivity contribution in [3.8, 4) is 0 Å². The van der Waals surface area contributed by atoms with E-state index >= 15 is 0 Å². The molecule has 0 saturated carbocycles. The Hall–Kier alpha value is -1.45. The molecule has 0 fully saturated rings. The molecule has 7 N–H and O–H groups in total. The van der Waals surface area contributed by atoms with E-state index in [0.29, 0.717) is 16.1 Å². The van der Waals surface area contributed by atoms with Crippen LogP contribution in [0, 0.1) is 0 Å². The topological polar surface area (TPSA) is 139 Å². The summed E-state index contributed by atoms with van der Waals surface area (Å²) in [6.45, 7) is -0.0467. The van der Waals surface area contributed by atoms with Crippen LogP contribution >= 0.6 is 15.9 Å². The quantitative estimate of drug-likeness (QED) is 0.338. The number of aliphatic hydroxyl groups is 1. The van der Waals surface area contributed by atoms with Gasteiger partial charge in [-0.2, -0.15) is 0 Å². The standard InChI is InChI=1S/C7H11BrN6O2/c8-4-6(11-1-3(15)5(9)16)12-2-13-7(4)14-10/h2-3,15H,1,10H2,(H2,9,16)(H2,11,12,13,14). The molecule has 1 amide bonds. The minimum atomic E-state index is -1.28. The van der Waals surface area contributed by atoms with E-state index in [1.54, 1.807) is 0 Å². The van der Waals surface area contributed by atoms with Gasteiger partial charge in [0.05, 0.1) is 6.54 Å². The molecule has 1 atom stereocenters. The number of hydrogen-bond donors (Lipinski definition) is 5. The molecule has 16 heavy (non-hydrogen) atoms. The fourth-order valence-electron chi connectivity index (χ4n) is 0.888. The number of hydrazine groups is 1. The van der Waals surface area contributed by atoms with Gasteiger partial charge in [0.15, 0.2) is 5.82 Å². The Morgan fingerprint density at radius 1 is 1.56 bits per heavy atom. The second-order valence-corrected chi connectivity index (χ2v) is 3.62. The van der Waals surface area contributed by atoms with E-state index < -0.39 is 12.0 Å². The molecular weight excluding hydrogens is 280 g/mol. The van der Waals surface area contributed by atoms with Crippen LogP contribution < -0.4 is 22.3 Å². The smallest absolute Gasteiger partial charge is 0.248 e. The number of carbonyl (C=O) groups is 1. The van der Waals surface area contributed by atoms with Gasteiger partial charge in [0.1, 0.15) is 22.7 Å². The van der Waals surface area contributed by atoms with Crippen LogP contribution in [0.2, 0.25) is 0 Å². The molecule has 0 aliphatic rings. The lowest BCUT2D eigenvalue weighted by Gasteiger charge is -2.11. The number of nitrogen functional groups attached to an aromatic ring is 1. The van der Waals surface area contributed by atoms with E-state index in [2.05, 4.69) is 36.6 Å². The minimum absolute atomic E-state index is 0.0467. The lowest BCUT2D eigenvalue weighted by molar-refractivity contribution is -0.125. The Kier molecular flexibility index (Phi) is 4.40. The van der Waals surface area contributed by atoms with Crippen molar-refractivity contribution in [3.05, 3.63) is 10.8 Å². The molecule has 0 aromatic carbocycles. The van der Waals surface area contributed by atoms with Gasteiger partial charge in [-0.05, 0) is 15.9 Å². The monoisotopic (exact) mass is 290 g/mol. The molecule has 1 aromatic heterocycles. The summed E-state index contributed by atoms with van der Waals surface area (Å²) in [5.74, 6) is 5.16. The van der Waals surface area contributed by atoms with Crippen molar-refractivity contribution in [1.29, 1.82) is 0 Å². The minimum Gasteiger partial charge on any atom is -0.381 e. The summed E-state index contributed by atoms with van der Waals surface area (Å²) in [5, 5.41) is 11.9. The summed E-state index contributed by atoms with van der Waals surface area (Å²) in [6, 6.07) is 0. The van der Waals surface area contributed by atoms with E-state index in [1.807, 2.05) is 0 Å². The fourth-order valence-corrected chi connectivity index (χ4v) is 1.35. The summed E-state index contributed by atoms with van der Waals surface area (Å²) >= 11 is 3.20. The van der Waals surface area contributed by atoms with Crippen molar-refractivity contribution in [1.82, 2.24) is 9.97 Å². The Bertz CT molecular complexity index is 387. The SMILES string of the molecule is NNc1ncnc(NCC(O)C(N)=O)c1Br. The summed E-state index contributed by atoms with van der Waals surface area (Å²) in [5.41, 5.74) is 7.24. The van der Waals surface area contributed by atoms with Crippen LogP contribution in [-0.2, 0) is 4.79 Å². The highest BCUT2D eigenvalue weighted by Gasteiger charge is 2.13. The van der Waals surface area contributed by atoms with Gasteiger partial charge in [-0.25, -0.2) is 15.8 Å². The zero-order chi connectivity index (χ0) is 12.1. The second-order valence-electron chi connectivity index (χ2n) is 2.83. The normalized spacial score (nSPS) is 11.9. The van der Waals surface area contributed by atoms with Gasteiger partial charge in [0, 0.05) is 0 Å². The predicted octanol–water partition coefficient (Wildman–Crippen LogP) is -1.22. The zero-order valence-electron chi connectivity index (χ0n) is 8.14. The van der Waals surface area contributed by atoms with Crippen LogP contribution in [0.25, 0.3) is 0 Å². The number of anilines is 2. The first-order chi connectivity index (χ1) is 7.56. The van der Waals surface area contributed by atoms with Crippen LogP contribution in [-0.4, -0.2) is 33.6 Å².